The highest BCUT2D eigenvalue weighted by Crippen LogP contribution is 2.20. The Hall–Kier alpha value is -2.71. The standard InChI is InChI=1S/C19H18N4O2S2/c1-13-2-6-15(7-3-13)20-18(24)11-26-12-19(25)21-16-8-4-14(5-9-16)17-10-27-23-22-17/h2-10H,11-12H2,1H3,(H,20,24)(H,21,25). The molecule has 0 atom stereocenters. The van der Waals surface area contributed by atoms with E-state index in [0.717, 1.165) is 22.5 Å². The Balaban J connectivity index is 1.40. The van der Waals surface area contributed by atoms with Gasteiger partial charge in [0.05, 0.1) is 11.5 Å². The summed E-state index contributed by atoms with van der Waals surface area (Å²) in [7, 11) is 0. The van der Waals surface area contributed by atoms with Crippen LogP contribution in [0.2, 0.25) is 0 Å². The molecule has 3 rings (SSSR count). The van der Waals surface area contributed by atoms with Crippen molar-refractivity contribution in [3.63, 3.8) is 0 Å². The topological polar surface area (TPSA) is 84.0 Å². The average Bonchev–Trinajstić information content (AvgIpc) is 3.19. The lowest BCUT2D eigenvalue weighted by Gasteiger charge is -2.07. The van der Waals surface area contributed by atoms with Gasteiger partial charge in [0.15, 0.2) is 0 Å². The highest BCUT2D eigenvalue weighted by molar-refractivity contribution is 8.00. The molecule has 3 aromatic rings. The maximum Gasteiger partial charge on any atom is 0.234 e. The van der Waals surface area contributed by atoms with E-state index in [0.29, 0.717) is 5.69 Å². The quantitative estimate of drug-likeness (QED) is 0.632. The Kier molecular flexibility index (Phi) is 6.56. The smallest absolute Gasteiger partial charge is 0.234 e. The van der Waals surface area contributed by atoms with Gasteiger partial charge in [-0.2, -0.15) is 0 Å². The molecule has 27 heavy (non-hydrogen) atoms. The summed E-state index contributed by atoms with van der Waals surface area (Å²) in [5, 5.41) is 11.5. The molecule has 138 valence electrons. The van der Waals surface area contributed by atoms with E-state index in [2.05, 4.69) is 20.2 Å². The molecule has 1 aromatic heterocycles. The van der Waals surface area contributed by atoms with E-state index in [-0.39, 0.29) is 23.3 Å². The number of carbonyl (C=O) groups excluding carboxylic acids is 2. The molecular formula is C19H18N4O2S2. The first-order chi connectivity index (χ1) is 13.1. The van der Waals surface area contributed by atoms with Crippen LogP contribution in [-0.2, 0) is 9.59 Å². The molecular weight excluding hydrogens is 380 g/mol. The second-order valence-electron chi connectivity index (χ2n) is 5.82. The number of anilines is 2. The zero-order valence-corrected chi connectivity index (χ0v) is 16.3. The fraction of sp³-hybridized carbons (Fsp3) is 0.158. The van der Waals surface area contributed by atoms with Crippen molar-refractivity contribution < 1.29 is 9.59 Å². The van der Waals surface area contributed by atoms with E-state index in [1.807, 2.05) is 60.8 Å². The van der Waals surface area contributed by atoms with Crippen LogP contribution in [0.4, 0.5) is 11.4 Å². The molecule has 2 aromatic carbocycles. The van der Waals surface area contributed by atoms with E-state index in [4.69, 9.17) is 0 Å². The van der Waals surface area contributed by atoms with Crippen LogP contribution in [0.25, 0.3) is 11.3 Å². The van der Waals surface area contributed by atoms with Gasteiger partial charge in [0.25, 0.3) is 0 Å². The van der Waals surface area contributed by atoms with Gasteiger partial charge in [-0.3, -0.25) is 9.59 Å². The van der Waals surface area contributed by atoms with Gasteiger partial charge >= 0.3 is 0 Å². The van der Waals surface area contributed by atoms with Crippen LogP contribution >= 0.6 is 23.3 Å². The van der Waals surface area contributed by atoms with Crippen LogP contribution in [-0.4, -0.2) is 32.9 Å². The SMILES string of the molecule is Cc1ccc(NC(=O)CSCC(=O)Nc2ccc(-c3csnn3)cc2)cc1. The van der Waals surface area contributed by atoms with Crippen LogP contribution in [0.1, 0.15) is 5.56 Å². The summed E-state index contributed by atoms with van der Waals surface area (Å²) in [4.78, 5) is 23.9. The number of hydrogen-bond donors (Lipinski definition) is 2. The predicted molar refractivity (Wildman–Crippen MR) is 111 cm³/mol. The average molecular weight is 399 g/mol. The molecule has 0 radical (unpaired) electrons. The summed E-state index contributed by atoms with van der Waals surface area (Å²) in [5.74, 6) is 0.153. The fourth-order valence-corrected chi connectivity index (χ4v) is 3.36. The van der Waals surface area contributed by atoms with Gasteiger partial charge < -0.3 is 10.6 Å². The Morgan fingerprint density at radius 2 is 1.48 bits per heavy atom. The van der Waals surface area contributed by atoms with Crippen molar-refractivity contribution in [3.05, 3.63) is 59.5 Å². The number of nitrogens with zero attached hydrogens (tertiary/aromatic N) is 2. The Bertz CT molecular complexity index is 894. The molecule has 0 aliphatic rings. The van der Waals surface area contributed by atoms with Gasteiger partial charge in [-0.25, -0.2) is 0 Å². The van der Waals surface area contributed by atoms with Crippen LogP contribution in [0.5, 0.6) is 0 Å². The molecule has 0 spiro atoms. The third kappa shape index (κ3) is 5.90. The number of carbonyl (C=O) groups is 2. The summed E-state index contributed by atoms with van der Waals surface area (Å²) in [6, 6.07) is 15.0. The number of benzene rings is 2. The first kappa shape index (κ1) is 19.1. The lowest BCUT2D eigenvalue weighted by Crippen LogP contribution is -2.18. The van der Waals surface area contributed by atoms with Crippen molar-refractivity contribution in [1.29, 1.82) is 0 Å². The zero-order chi connectivity index (χ0) is 19.1. The van der Waals surface area contributed by atoms with Gasteiger partial charge in [0.1, 0.15) is 5.69 Å². The van der Waals surface area contributed by atoms with Crippen molar-refractivity contribution in [2.45, 2.75) is 6.92 Å². The minimum Gasteiger partial charge on any atom is -0.325 e. The molecule has 0 saturated heterocycles. The van der Waals surface area contributed by atoms with Crippen LogP contribution in [0.15, 0.2) is 53.9 Å². The molecule has 0 saturated carbocycles. The van der Waals surface area contributed by atoms with E-state index in [1.54, 1.807) is 0 Å². The van der Waals surface area contributed by atoms with Crippen molar-refractivity contribution in [2.24, 2.45) is 0 Å². The van der Waals surface area contributed by atoms with Gasteiger partial charge in [0.2, 0.25) is 11.8 Å². The summed E-state index contributed by atoms with van der Waals surface area (Å²) in [6.45, 7) is 1.99. The molecule has 1 heterocycles. The van der Waals surface area contributed by atoms with Crippen LogP contribution in [0, 0.1) is 6.92 Å². The van der Waals surface area contributed by atoms with Gasteiger partial charge in [-0.05, 0) is 42.7 Å². The largest absolute Gasteiger partial charge is 0.325 e. The Morgan fingerprint density at radius 1 is 0.926 bits per heavy atom. The fourth-order valence-electron chi connectivity index (χ4n) is 2.28. The van der Waals surface area contributed by atoms with E-state index in [9.17, 15) is 9.59 Å². The van der Waals surface area contributed by atoms with Gasteiger partial charge in [-0.15, -0.1) is 16.9 Å². The zero-order valence-electron chi connectivity index (χ0n) is 14.6. The molecule has 0 fully saturated rings. The van der Waals surface area contributed by atoms with Crippen LogP contribution in [0.3, 0.4) is 0 Å². The van der Waals surface area contributed by atoms with Crippen molar-refractivity contribution in [1.82, 2.24) is 9.59 Å². The molecule has 2 amide bonds. The van der Waals surface area contributed by atoms with E-state index >= 15 is 0 Å². The molecule has 0 bridgehead atoms. The molecule has 2 N–H and O–H groups in total. The molecule has 0 aliphatic carbocycles. The number of amides is 2. The number of rotatable bonds is 7. The maximum absolute atomic E-state index is 12.0. The maximum atomic E-state index is 12.0. The summed E-state index contributed by atoms with van der Waals surface area (Å²) >= 11 is 2.57. The number of hydrogen-bond acceptors (Lipinski definition) is 6. The molecule has 0 unspecified atom stereocenters. The van der Waals surface area contributed by atoms with E-state index in [1.165, 1.54) is 23.3 Å². The Labute approximate surface area is 165 Å². The normalized spacial score (nSPS) is 10.4. The van der Waals surface area contributed by atoms with Crippen molar-refractivity contribution in [3.8, 4) is 11.3 Å². The van der Waals surface area contributed by atoms with Gasteiger partial charge in [-0.1, -0.05) is 34.3 Å². The predicted octanol–water partition coefficient (Wildman–Crippen LogP) is 3.82. The van der Waals surface area contributed by atoms with Crippen LogP contribution < -0.4 is 10.6 Å². The third-order valence-electron chi connectivity index (χ3n) is 3.63. The number of thioether (sulfide) groups is 1. The van der Waals surface area contributed by atoms with E-state index < -0.39 is 0 Å². The Morgan fingerprint density at radius 3 is 2.00 bits per heavy atom. The summed E-state index contributed by atoms with van der Waals surface area (Å²) in [6.07, 6.45) is 0. The highest BCUT2D eigenvalue weighted by Gasteiger charge is 2.07. The lowest BCUT2D eigenvalue weighted by atomic mass is 10.1. The second-order valence-corrected chi connectivity index (χ2v) is 7.42. The second kappa shape index (κ2) is 9.29. The molecule has 8 heteroatoms. The van der Waals surface area contributed by atoms with Crippen molar-refractivity contribution in [2.75, 3.05) is 22.1 Å². The monoisotopic (exact) mass is 398 g/mol. The minimum absolute atomic E-state index is 0.127. The third-order valence-corrected chi connectivity index (χ3v) is 5.06. The number of nitrogens with one attached hydrogen (secondary N) is 2. The first-order valence-corrected chi connectivity index (χ1v) is 10.2. The number of aromatic nitrogens is 2. The minimum atomic E-state index is -0.147. The molecule has 0 aliphatic heterocycles. The molecule has 6 nitrogen and oxygen atoms in total. The highest BCUT2D eigenvalue weighted by atomic mass is 32.2. The first-order valence-electron chi connectivity index (χ1n) is 8.22. The van der Waals surface area contributed by atoms with Gasteiger partial charge in [0, 0.05) is 22.3 Å². The van der Waals surface area contributed by atoms with Crippen molar-refractivity contribution >= 4 is 46.5 Å². The summed E-state index contributed by atoms with van der Waals surface area (Å²) < 4.78 is 3.83. The lowest BCUT2D eigenvalue weighted by molar-refractivity contribution is -0.114. The summed E-state index contributed by atoms with van der Waals surface area (Å²) in [5.41, 5.74) is 4.36. The number of aryl methyl sites for hydroxylation is 1.